The molecule has 0 atom stereocenters. The van der Waals surface area contributed by atoms with E-state index < -0.39 is 0 Å². The first kappa shape index (κ1) is 19.3. The SMILES string of the molecule is CCCOc1ccc(C(=O)Oc2ccc(OCC3CCCCC3)cc2)cc1. The van der Waals surface area contributed by atoms with Gasteiger partial charge in [-0.15, -0.1) is 0 Å². The van der Waals surface area contributed by atoms with Gasteiger partial charge in [-0.3, -0.25) is 0 Å². The van der Waals surface area contributed by atoms with Crippen LogP contribution >= 0.6 is 0 Å². The largest absolute Gasteiger partial charge is 0.494 e. The molecule has 0 N–H and O–H groups in total. The van der Waals surface area contributed by atoms with Crippen LogP contribution in [0.2, 0.25) is 0 Å². The predicted molar refractivity (Wildman–Crippen MR) is 106 cm³/mol. The highest BCUT2D eigenvalue weighted by Crippen LogP contribution is 2.25. The maximum atomic E-state index is 12.3. The van der Waals surface area contributed by atoms with Crippen molar-refractivity contribution in [1.82, 2.24) is 0 Å². The minimum absolute atomic E-state index is 0.382. The monoisotopic (exact) mass is 368 g/mol. The van der Waals surface area contributed by atoms with Crippen LogP contribution in [0.1, 0.15) is 55.8 Å². The molecular formula is C23H28O4. The Balaban J connectivity index is 1.49. The molecule has 0 radical (unpaired) electrons. The predicted octanol–water partition coefficient (Wildman–Crippen LogP) is 5.65. The number of carbonyl (C=O) groups is 1. The minimum Gasteiger partial charge on any atom is -0.494 e. The van der Waals surface area contributed by atoms with Gasteiger partial charge in [0.25, 0.3) is 0 Å². The summed E-state index contributed by atoms with van der Waals surface area (Å²) in [5, 5.41) is 0. The van der Waals surface area contributed by atoms with Crippen molar-refractivity contribution in [1.29, 1.82) is 0 Å². The number of ether oxygens (including phenoxy) is 3. The molecule has 0 saturated heterocycles. The summed E-state index contributed by atoms with van der Waals surface area (Å²) in [7, 11) is 0. The fourth-order valence-corrected chi connectivity index (χ4v) is 3.24. The Labute approximate surface area is 161 Å². The number of esters is 1. The van der Waals surface area contributed by atoms with E-state index in [1.165, 1.54) is 32.1 Å². The Morgan fingerprint density at radius 3 is 2.11 bits per heavy atom. The average molecular weight is 368 g/mol. The molecule has 1 aliphatic rings. The lowest BCUT2D eigenvalue weighted by molar-refractivity contribution is 0.0734. The summed E-state index contributed by atoms with van der Waals surface area (Å²) in [6, 6.07) is 14.3. The standard InChI is InChI=1S/C23H28O4/c1-2-16-25-20-10-8-19(9-11-20)23(24)27-22-14-12-21(13-15-22)26-17-18-6-4-3-5-7-18/h8-15,18H,2-7,16-17H2,1H3. The van der Waals surface area contributed by atoms with Crippen molar-refractivity contribution in [3.8, 4) is 17.2 Å². The van der Waals surface area contributed by atoms with Crippen LogP contribution in [0.5, 0.6) is 17.2 Å². The van der Waals surface area contributed by atoms with Gasteiger partial charge in [0.1, 0.15) is 17.2 Å². The Kier molecular flexibility index (Phi) is 7.14. The van der Waals surface area contributed by atoms with E-state index in [1.54, 1.807) is 36.4 Å². The smallest absolute Gasteiger partial charge is 0.343 e. The van der Waals surface area contributed by atoms with Crippen molar-refractivity contribution < 1.29 is 19.0 Å². The quantitative estimate of drug-likeness (QED) is 0.446. The Morgan fingerprint density at radius 1 is 0.852 bits per heavy atom. The van der Waals surface area contributed by atoms with Crippen molar-refractivity contribution in [2.45, 2.75) is 45.4 Å². The second-order valence-corrected chi connectivity index (χ2v) is 7.05. The van der Waals surface area contributed by atoms with Crippen LogP contribution < -0.4 is 14.2 Å². The lowest BCUT2D eigenvalue weighted by Crippen LogP contribution is -2.15. The molecule has 1 aliphatic carbocycles. The van der Waals surface area contributed by atoms with Gasteiger partial charge < -0.3 is 14.2 Å². The van der Waals surface area contributed by atoms with Crippen molar-refractivity contribution >= 4 is 5.97 Å². The Morgan fingerprint density at radius 2 is 1.44 bits per heavy atom. The lowest BCUT2D eigenvalue weighted by atomic mass is 9.90. The summed E-state index contributed by atoms with van der Waals surface area (Å²) in [6.45, 7) is 3.49. The van der Waals surface area contributed by atoms with Crippen molar-refractivity contribution in [2.75, 3.05) is 13.2 Å². The van der Waals surface area contributed by atoms with E-state index >= 15 is 0 Å². The van der Waals surface area contributed by atoms with E-state index in [0.29, 0.717) is 23.8 Å². The number of hydrogen-bond donors (Lipinski definition) is 0. The summed E-state index contributed by atoms with van der Waals surface area (Å²) in [5.41, 5.74) is 0.497. The lowest BCUT2D eigenvalue weighted by Gasteiger charge is -2.21. The molecule has 2 aromatic carbocycles. The zero-order valence-corrected chi connectivity index (χ0v) is 16.0. The van der Waals surface area contributed by atoms with Crippen LogP contribution in [0.25, 0.3) is 0 Å². The molecular weight excluding hydrogens is 340 g/mol. The van der Waals surface area contributed by atoms with E-state index in [-0.39, 0.29) is 5.97 Å². The molecule has 1 saturated carbocycles. The van der Waals surface area contributed by atoms with Gasteiger partial charge in [0.05, 0.1) is 18.8 Å². The molecule has 3 rings (SSSR count). The average Bonchev–Trinajstić information content (AvgIpc) is 2.73. The number of hydrogen-bond acceptors (Lipinski definition) is 4. The molecule has 144 valence electrons. The second kappa shape index (κ2) is 10.0. The number of benzene rings is 2. The zero-order valence-electron chi connectivity index (χ0n) is 16.0. The van der Waals surface area contributed by atoms with Gasteiger partial charge in [-0.25, -0.2) is 4.79 Å². The van der Waals surface area contributed by atoms with Crippen molar-refractivity contribution in [3.63, 3.8) is 0 Å². The normalized spacial score (nSPS) is 14.6. The molecule has 0 aromatic heterocycles. The third kappa shape index (κ3) is 6.02. The molecule has 0 bridgehead atoms. The summed E-state index contributed by atoms with van der Waals surface area (Å²) < 4.78 is 16.8. The van der Waals surface area contributed by atoms with Gasteiger partial charge in [0, 0.05) is 0 Å². The molecule has 4 nitrogen and oxygen atoms in total. The fourth-order valence-electron chi connectivity index (χ4n) is 3.24. The molecule has 0 unspecified atom stereocenters. The van der Waals surface area contributed by atoms with Gasteiger partial charge in [-0.1, -0.05) is 26.2 Å². The van der Waals surface area contributed by atoms with Gasteiger partial charge in [0.15, 0.2) is 0 Å². The van der Waals surface area contributed by atoms with Gasteiger partial charge in [-0.05, 0) is 73.7 Å². The van der Waals surface area contributed by atoms with Crippen LogP contribution in [0.4, 0.5) is 0 Å². The van der Waals surface area contributed by atoms with Crippen LogP contribution in [0.15, 0.2) is 48.5 Å². The Hall–Kier alpha value is -2.49. The van der Waals surface area contributed by atoms with E-state index in [2.05, 4.69) is 6.92 Å². The number of rotatable bonds is 8. The maximum Gasteiger partial charge on any atom is 0.343 e. The first-order valence-corrected chi connectivity index (χ1v) is 9.92. The highest BCUT2D eigenvalue weighted by atomic mass is 16.5. The highest BCUT2D eigenvalue weighted by Gasteiger charge is 2.14. The molecule has 0 aliphatic heterocycles. The van der Waals surface area contributed by atoms with Gasteiger partial charge in [-0.2, -0.15) is 0 Å². The third-order valence-corrected chi connectivity index (χ3v) is 4.81. The second-order valence-electron chi connectivity index (χ2n) is 7.05. The molecule has 2 aromatic rings. The topological polar surface area (TPSA) is 44.8 Å². The van der Waals surface area contributed by atoms with E-state index in [1.807, 2.05) is 12.1 Å². The van der Waals surface area contributed by atoms with Gasteiger partial charge >= 0.3 is 5.97 Å². The third-order valence-electron chi connectivity index (χ3n) is 4.81. The van der Waals surface area contributed by atoms with Crippen molar-refractivity contribution in [2.24, 2.45) is 5.92 Å². The van der Waals surface area contributed by atoms with Gasteiger partial charge in [0.2, 0.25) is 0 Å². The minimum atomic E-state index is -0.382. The summed E-state index contributed by atoms with van der Waals surface area (Å²) in [4.78, 5) is 12.3. The first-order valence-electron chi connectivity index (χ1n) is 9.92. The first-order chi connectivity index (χ1) is 13.2. The van der Waals surface area contributed by atoms with E-state index in [4.69, 9.17) is 14.2 Å². The summed E-state index contributed by atoms with van der Waals surface area (Å²) >= 11 is 0. The molecule has 4 heteroatoms. The molecule has 1 fully saturated rings. The Bertz CT molecular complexity index is 700. The van der Waals surface area contributed by atoms with Crippen molar-refractivity contribution in [3.05, 3.63) is 54.1 Å². The molecule has 0 amide bonds. The fraction of sp³-hybridized carbons (Fsp3) is 0.435. The zero-order chi connectivity index (χ0) is 18.9. The van der Waals surface area contributed by atoms with E-state index in [0.717, 1.165) is 24.5 Å². The van der Waals surface area contributed by atoms with E-state index in [9.17, 15) is 4.79 Å². The van der Waals surface area contributed by atoms with Crippen LogP contribution in [0.3, 0.4) is 0 Å². The molecule has 0 spiro atoms. The van der Waals surface area contributed by atoms with Crippen LogP contribution in [0, 0.1) is 5.92 Å². The summed E-state index contributed by atoms with van der Waals surface area (Å²) in [5.74, 6) is 2.37. The van der Waals surface area contributed by atoms with Crippen LogP contribution in [-0.2, 0) is 0 Å². The molecule has 0 heterocycles. The maximum absolute atomic E-state index is 12.3. The highest BCUT2D eigenvalue weighted by molar-refractivity contribution is 5.91. The van der Waals surface area contributed by atoms with Crippen LogP contribution in [-0.4, -0.2) is 19.2 Å². The summed E-state index contributed by atoms with van der Waals surface area (Å²) in [6.07, 6.45) is 7.45. The molecule has 27 heavy (non-hydrogen) atoms. The number of carbonyl (C=O) groups excluding carboxylic acids is 1.